The highest BCUT2D eigenvalue weighted by Gasteiger charge is 2.07. The molecule has 0 saturated carbocycles. The molecule has 0 aliphatic heterocycles. The number of benzene rings is 2. The number of halogens is 1. The molecule has 2 rings (SSSR count). The van der Waals surface area contributed by atoms with Gasteiger partial charge < -0.3 is 5.43 Å². The molecule has 0 bridgehead atoms. The maximum Gasteiger partial charge on any atom is 0.149 e. The first-order valence-corrected chi connectivity index (χ1v) is 5.95. The van der Waals surface area contributed by atoms with Gasteiger partial charge in [-0.3, -0.25) is 0 Å². The van der Waals surface area contributed by atoms with Crippen LogP contribution in [0.2, 0.25) is 5.02 Å². The molecule has 4 heteroatoms. The fraction of sp³-hybridized carbons (Fsp3) is 0.0714. The van der Waals surface area contributed by atoms with E-state index in [1.807, 2.05) is 55.5 Å². The van der Waals surface area contributed by atoms with Gasteiger partial charge in [-0.25, -0.2) is 10.8 Å². The first kappa shape index (κ1) is 12.6. The van der Waals surface area contributed by atoms with Crippen molar-refractivity contribution < 1.29 is 0 Å². The molecule has 0 aromatic heterocycles. The lowest BCUT2D eigenvalue weighted by Gasteiger charge is -2.08. The van der Waals surface area contributed by atoms with Crippen LogP contribution in [-0.4, -0.2) is 5.84 Å². The van der Waals surface area contributed by atoms with Gasteiger partial charge in [0, 0.05) is 5.56 Å². The highest BCUT2D eigenvalue weighted by Crippen LogP contribution is 2.19. The molecule has 2 aromatic rings. The Morgan fingerprint density at radius 3 is 2.50 bits per heavy atom. The Labute approximate surface area is 111 Å². The third-order valence-electron chi connectivity index (χ3n) is 2.51. The third-order valence-corrected chi connectivity index (χ3v) is 2.83. The predicted molar refractivity (Wildman–Crippen MR) is 76.2 cm³/mol. The van der Waals surface area contributed by atoms with E-state index in [-0.39, 0.29) is 0 Å². The number of rotatable bonds is 2. The molecule has 0 aliphatic rings. The first-order valence-electron chi connectivity index (χ1n) is 5.57. The van der Waals surface area contributed by atoms with Gasteiger partial charge in [0.25, 0.3) is 0 Å². The Balaban J connectivity index is 2.42. The highest BCUT2D eigenvalue weighted by atomic mass is 35.5. The normalized spacial score (nSPS) is 11.4. The fourth-order valence-electron chi connectivity index (χ4n) is 1.61. The number of hydrazine groups is 1. The monoisotopic (exact) mass is 259 g/mol. The van der Waals surface area contributed by atoms with Crippen LogP contribution in [0.15, 0.2) is 53.5 Å². The standard InChI is InChI=1S/C14H14ClN3/c1-10-7-8-12(13(15)9-10)14(18-16)17-11-5-3-2-4-6-11/h2-9H,16H2,1H3,(H,17,18). The number of amidine groups is 1. The predicted octanol–water partition coefficient (Wildman–Crippen LogP) is 3.19. The van der Waals surface area contributed by atoms with Crippen molar-refractivity contribution in [2.24, 2.45) is 10.8 Å². The third kappa shape index (κ3) is 2.88. The molecule has 3 nitrogen and oxygen atoms in total. The van der Waals surface area contributed by atoms with Crippen molar-refractivity contribution in [1.82, 2.24) is 5.43 Å². The van der Waals surface area contributed by atoms with Gasteiger partial charge in [-0.2, -0.15) is 0 Å². The Morgan fingerprint density at radius 1 is 1.17 bits per heavy atom. The van der Waals surface area contributed by atoms with Gasteiger partial charge in [-0.05, 0) is 36.8 Å². The number of hydrogen-bond donors (Lipinski definition) is 2. The number of nitrogens with zero attached hydrogens (tertiary/aromatic N) is 1. The lowest BCUT2D eigenvalue weighted by molar-refractivity contribution is 1.02. The summed E-state index contributed by atoms with van der Waals surface area (Å²) in [6.45, 7) is 1.99. The molecule has 0 radical (unpaired) electrons. The van der Waals surface area contributed by atoms with Gasteiger partial charge in [0.2, 0.25) is 0 Å². The van der Waals surface area contributed by atoms with Gasteiger partial charge in [0.1, 0.15) is 5.84 Å². The summed E-state index contributed by atoms with van der Waals surface area (Å²) in [6.07, 6.45) is 0. The van der Waals surface area contributed by atoms with E-state index in [1.165, 1.54) is 0 Å². The van der Waals surface area contributed by atoms with Crippen LogP contribution in [0.25, 0.3) is 0 Å². The molecular weight excluding hydrogens is 246 g/mol. The van der Waals surface area contributed by atoms with Crippen LogP contribution in [0.3, 0.4) is 0 Å². The van der Waals surface area contributed by atoms with E-state index in [0.29, 0.717) is 10.9 Å². The zero-order valence-electron chi connectivity index (χ0n) is 10.0. The van der Waals surface area contributed by atoms with Crippen LogP contribution in [0, 0.1) is 6.92 Å². The van der Waals surface area contributed by atoms with E-state index in [0.717, 1.165) is 16.8 Å². The van der Waals surface area contributed by atoms with E-state index in [1.54, 1.807) is 0 Å². The number of nitrogens with one attached hydrogen (secondary N) is 1. The van der Waals surface area contributed by atoms with E-state index in [9.17, 15) is 0 Å². The topological polar surface area (TPSA) is 50.4 Å². The summed E-state index contributed by atoms with van der Waals surface area (Å²) in [6, 6.07) is 15.3. The summed E-state index contributed by atoms with van der Waals surface area (Å²) in [7, 11) is 0. The van der Waals surface area contributed by atoms with Crippen molar-refractivity contribution in [3.05, 3.63) is 64.7 Å². The summed E-state index contributed by atoms with van der Waals surface area (Å²) in [5.41, 5.74) is 5.30. The Kier molecular flexibility index (Phi) is 3.97. The maximum absolute atomic E-state index is 6.19. The van der Waals surface area contributed by atoms with Crippen LogP contribution < -0.4 is 11.3 Å². The van der Waals surface area contributed by atoms with Gasteiger partial charge >= 0.3 is 0 Å². The zero-order chi connectivity index (χ0) is 13.0. The molecule has 0 heterocycles. The number of hydrogen-bond acceptors (Lipinski definition) is 2. The minimum Gasteiger partial charge on any atom is -0.308 e. The van der Waals surface area contributed by atoms with Crippen molar-refractivity contribution in [3.63, 3.8) is 0 Å². The van der Waals surface area contributed by atoms with Crippen molar-refractivity contribution >= 4 is 23.1 Å². The van der Waals surface area contributed by atoms with Gasteiger partial charge in [-0.15, -0.1) is 0 Å². The molecule has 2 aromatic carbocycles. The molecule has 0 saturated heterocycles. The summed E-state index contributed by atoms with van der Waals surface area (Å²) >= 11 is 6.19. The van der Waals surface area contributed by atoms with Crippen LogP contribution in [0.5, 0.6) is 0 Å². The highest BCUT2D eigenvalue weighted by molar-refractivity contribution is 6.34. The van der Waals surface area contributed by atoms with E-state index < -0.39 is 0 Å². The second kappa shape index (κ2) is 5.67. The number of nitrogens with two attached hydrogens (primary N) is 1. The van der Waals surface area contributed by atoms with Gasteiger partial charge in [0.05, 0.1) is 10.7 Å². The lowest BCUT2D eigenvalue weighted by atomic mass is 10.1. The molecule has 18 heavy (non-hydrogen) atoms. The number of para-hydroxylation sites is 1. The summed E-state index contributed by atoms with van der Waals surface area (Å²) in [5.74, 6) is 6.07. The largest absolute Gasteiger partial charge is 0.308 e. The Morgan fingerprint density at radius 2 is 1.89 bits per heavy atom. The average Bonchev–Trinajstić information content (AvgIpc) is 2.38. The molecule has 0 aliphatic carbocycles. The molecule has 3 N–H and O–H groups in total. The second-order valence-electron chi connectivity index (χ2n) is 3.92. The van der Waals surface area contributed by atoms with E-state index in [2.05, 4.69) is 10.4 Å². The minimum absolute atomic E-state index is 0.547. The second-order valence-corrected chi connectivity index (χ2v) is 4.33. The average molecular weight is 260 g/mol. The molecule has 0 spiro atoms. The first-order chi connectivity index (χ1) is 8.70. The lowest BCUT2D eigenvalue weighted by Crippen LogP contribution is -2.31. The molecule has 0 unspecified atom stereocenters. The van der Waals surface area contributed by atoms with Crippen LogP contribution in [-0.2, 0) is 0 Å². The van der Waals surface area contributed by atoms with Crippen LogP contribution in [0.1, 0.15) is 11.1 Å². The summed E-state index contributed by atoms with van der Waals surface area (Å²) in [4.78, 5) is 4.43. The Bertz CT molecular complexity index is 565. The number of aryl methyl sites for hydroxylation is 1. The van der Waals surface area contributed by atoms with Crippen molar-refractivity contribution in [3.8, 4) is 0 Å². The summed E-state index contributed by atoms with van der Waals surface area (Å²) < 4.78 is 0. The fourth-order valence-corrected chi connectivity index (χ4v) is 1.94. The minimum atomic E-state index is 0.547. The smallest absolute Gasteiger partial charge is 0.149 e. The Hall–Kier alpha value is -1.84. The molecule has 92 valence electrons. The van der Waals surface area contributed by atoms with Crippen molar-refractivity contribution in [2.45, 2.75) is 6.92 Å². The van der Waals surface area contributed by atoms with Gasteiger partial charge in [-0.1, -0.05) is 35.9 Å². The number of aliphatic imine (C=N–C) groups is 1. The quantitative estimate of drug-likeness (QED) is 0.377. The molecule has 0 atom stereocenters. The van der Waals surface area contributed by atoms with Crippen LogP contribution in [0.4, 0.5) is 5.69 Å². The maximum atomic E-state index is 6.19. The molecular formula is C14H14ClN3. The summed E-state index contributed by atoms with van der Waals surface area (Å²) in [5, 5.41) is 0.627. The van der Waals surface area contributed by atoms with Crippen LogP contribution >= 0.6 is 11.6 Å². The SMILES string of the molecule is Cc1ccc(C(=Nc2ccccc2)NN)c(Cl)c1. The molecule has 0 amide bonds. The van der Waals surface area contributed by atoms with Crippen molar-refractivity contribution in [2.75, 3.05) is 0 Å². The van der Waals surface area contributed by atoms with Crippen molar-refractivity contribution in [1.29, 1.82) is 0 Å². The van der Waals surface area contributed by atoms with E-state index in [4.69, 9.17) is 17.4 Å². The van der Waals surface area contributed by atoms with E-state index >= 15 is 0 Å². The zero-order valence-corrected chi connectivity index (χ0v) is 10.8. The van der Waals surface area contributed by atoms with Gasteiger partial charge in [0.15, 0.2) is 0 Å². The molecule has 0 fully saturated rings.